The van der Waals surface area contributed by atoms with Crippen molar-refractivity contribution >= 4 is 23.3 Å². The van der Waals surface area contributed by atoms with E-state index >= 15 is 0 Å². The molecule has 2 heteroatoms. The summed E-state index contributed by atoms with van der Waals surface area (Å²) in [5.41, 5.74) is 6.23. The zero-order chi connectivity index (χ0) is 23.2. The molecule has 0 radical (unpaired) electrons. The fraction of sp³-hybridized carbons (Fsp3) is 0.312. The van der Waals surface area contributed by atoms with E-state index in [4.69, 9.17) is 0 Å². The Hall–Kier alpha value is -1.77. The van der Waals surface area contributed by atoms with Gasteiger partial charge in [-0.25, -0.2) is 0 Å². The summed E-state index contributed by atoms with van der Waals surface area (Å²) >= 11 is -2.27. The van der Waals surface area contributed by atoms with Crippen molar-refractivity contribution in [3.63, 3.8) is 0 Å². The minimum atomic E-state index is -2.27. The van der Waals surface area contributed by atoms with Gasteiger partial charge in [0, 0.05) is 0 Å². The molecule has 0 N–H and O–H groups in total. The molecule has 173 valence electrons. The van der Waals surface area contributed by atoms with Gasteiger partial charge in [-0.3, -0.25) is 0 Å². The van der Waals surface area contributed by atoms with Gasteiger partial charge in [0.25, 0.3) is 0 Å². The molecule has 3 atom stereocenters. The van der Waals surface area contributed by atoms with Crippen LogP contribution in [0.2, 0.25) is 6.04 Å². The van der Waals surface area contributed by atoms with Crippen LogP contribution in [-0.4, -0.2) is 5.98 Å². The second kappa shape index (κ2) is 11.8. The van der Waals surface area contributed by atoms with Gasteiger partial charge >= 0.3 is 216 Å². The molecule has 3 unspecified atom stereocenters. The molecule has 2 aliphatic carbocycles. The third kappa shape index (κ3) is 5.24. The third-order valence-electron chi connectivity index (χ3n) is 7.77. The van der Waals surface area contributed by atoms with E-state index in [1.807, 2.05) is 0 Å². The van der Waals surface area contributed by atoms with Gasteiger partial charge < -0.3 is 0 Å². The molecule has 0 bridgehead atoms. The van der Waals surface area contributed by atoms with Gasteiger partial charge in [0.1, 0.15) is 0 Å². The fourth-order valence-electron chi connectivity index (χ4n) is 6.05. The SMILES string of the molecule is CCCCCCCC[SiH](c1ccccc1)[Hf]([CH]1C=Cc2ccccc21)[CH]1C=Cc2ccccc21. The molecule has 0 amide bonds. The van der Waals surface area contributed by atoms with Gasteiger partial charge in [-0.15, -0.1) is 0 Å². The average Bonchev–Trinajstić information content (AvgIpc) is 3.51. The van der Waals surface area contributed by atoms with Crippen LogP contribution in [0.5, 0.6) is 0 Å². The Morgan fingerprint density at radius 1 is 0.618 bits per heavy atom. The van der Waals surface area contributed by atoms with Crippen molar-refractivity contribution in [3.05, 3.63) is 113 Å². The van der Waals surface area contributed by atoms with Gasteiger partial charge in [-0.2, -0.15) is 0 Å². The van der Waals surface area contributed by atoms with Crippen LogP contribution in [0.25, 0.3) is 12.2 Å². The summed E-state index contributed by atoms with van der Waals surface area (Å²) in [5.74, 6) is -1.08. The molecule has 2 aliphatic rings. The van der Waals surface area contributed by atoms with Gasteiger partial charge in [0.05, 0.1) is 0 Å². The molecule has 0 aromatic heterocycles. The summed E-state index contributed by atoms with van der Waals surface area (Å²) in [7, 11) is 0. The molecule has 3 aromatic carbocycles. The average molecular weight is 628 g/mol. The van der Waals surface area contributed by atoms with Gasteiger partial charge in [0.15, 0.2) is 0 Å². The van der Waals surface area contributed by atoms with Crippen molar-refractivity contribution in [2.75, 3.05) is 0 Å². The number of hydrogen-bond donors (Lipinski definition) is 0. The zero-order valence-electron chi connectivity index (χ0n) is 20.5. The molecule has 0 aliphatic heterocycles. The van der Waals surface area contributed by atoms with Gasteiger partial charge in [0.2, 0.25) is 0 Å². The number of allylic oxidation sites excluding steroid dienone is 2. The maximum atomic E-state index is 2.63. The first-order chi connectivity index (χ1) is 16.9. The molecule has 34 heavy (non-hydrogen) atoms. The second-order valence-corrected chi connectivity index (χ2v) is 33.3. The number of rotatable bonds is 11. The van der Waals surface area contributed by atoms with E-state index in [1.54, 1.807) is 16.3 Å². The predicted octanol–water partition coefficient (Wildman–Crippen LogP) is 8.13. The van der Waals surface area contributed by atoms with E-state index in [-0.39, 0.29) is 0 Å². The second-order valence-electron chi connectivity index (χ2n) is 9.95. The topological polar surface area (TPSA) is 0 Å². The summed E-state index contributed by atoms with van der Waals surface area (Å²) in [5, 5.41) is 1.74. The Kier molecular flexibility index (Phi) is 8.29. The van der Waals surface area contributed by atoms with Crippen molar-refractivity contribution in [3.8, 4) is 0 Å². The molecule has 0 heterocycles. The van der Waals surface area contributed by atoms with E-state index in [1.165, 1.54) is 55.7 Å². The van der Waals surface area contributed by atoms with E-state index in [0.29, 0.717) is 0 Å². The molecule has 0 saturated heterocycles. The monoisotopic (exact) mass is 629 g/mol. The van der Waals surface area contributed by atoms with Crippen molar-refractivity contribution in [1.82, 2.24) is 0 Å². The summed E-state index contributed by atoms with van der Waals surface area (Å²) in [4.78, 5) is 0. The van der Waals surface area contributed by atoms with Crippen molar-refractivity contribution < 1.29 is 20.6 Å². The molecule has 3 aromatic rings. The normalized spacial score (nSPS) is 18.6. The first-order valence-corrected chi connectivity index (χ1v) is 25.7. The summed E-state index contributed by atoms with van der Waals surface area (Å²) in [6, 6.07) is 31.8. The minimum absolute atomic E-state index is 0.721. The Morgan fingerprint density at radius 3 is 1.76 bits per heavy atom. The molecular formula is C32H37HfSi. The molecule has 0 fully saturated rings. The van der Waals surface area contributed by atoms with Crippen LogP contribution in [0.1, 0.15) is 75.1 Å². The van der Waals surface area contributed by atoms with Crippen molar-refractivity contribution in [2.45, 2.75) is 58.8 Å². The quantitative estimate of drug-likeness (QED) is 0.149. The number of unbranched alkanes of at least 4 members (excludes halogenated alkanes) is 5. The molecule has 5 rings (SSSR count). The Bertz CT molecular complexity index is 1070. The van der Waals surface area contributed by atoms with Crippen molar-refractivity contribution in [2.24, 2.45) is 0 Å². The van der Waals surface area contributed by atoms with E-state index in [2.05, 4.69) is 110 Å². The van der Waals surface area contributed by atoms with Crippen LogP contribution in [0, 0.1) is 0 Å². The third-order valence-corrected chi connectivity index (χ3v) is 40.8. The van der Waals surface area contributed by atoms with Crippen LogP contribution in [0.15, 0.2) is 91.0 Å². The fourth-order valence-corrected chi connectivity index (χ4v) is 43.6. The van der Waals surface area contributed by atoms with E-state index < -0.39 is 26.6 Å². The molecule has 0 spiro atoms. The van der Waals surface area contributed by atoms with Gasteiger partial charge in [-0.05, 0) is 0 Å². The number of hydrogen-bond acceptors (Lipinski definition) is 0. The number of fused-ring (bicyclic) bond motifs is 2. The van der Waals surface area contributed by atoms with Crippen LogP contribution < -0.4 is 5.19 Å². The summed E-state index contributed by atoms with van der Waals surface area (Å²) in [6.07, 6.45) is 18.6. The number of benzene rings is 3. The first-order valence-electron chi connectivity index (χ1n) is 13.3. The van der Waals surface area contributed by atoms with E-state index in [9.17, 15) is 0 Å². The van der Waals surface area contributed by atoms with Crippen LogP contribution >= 0.6 is 0 Å². The van der Waals surface area contributed by atoms with Crippen LogP contribution in [-0.2, 0) is 20.6 Å². The Balaban J connectivity index is 1.50. The summed E-state index contributed by atoms with van der Waals surface area (Å²) < 4.78 is 1.44. The first kappa shape index (κ1) is 23.9. The standard InChI is InChI=1S/C14H23Si.2C9H7.Hf/c1-2-3-4-5-6-10-13-15-14-11-8-7-9-12-14;2*1-2-5-9-7-3-6-8(9)4-1;/h7-9,11-12,15H,2-6,10,13H2,1H3;2*1-7H;. The van der Waals surface area contributed by atoms with E-state index in [0.717, 1.165) is 7.35 Å². The van der Waals surface area contributed by atoms with Crippen molar-refractivity contribution in [1.29, 1.82) is 0 Å². The summed E-state index contributed by atoms with van der Waals surface area (Å²) in [6.45, 7) is 2.32. The van der Waals surface area contributed by atoms with Crippen LogP contribution in [0.3, 0.4) is 0 Å². The zero-order valence-corrected chi connectivity index (χ0v) is 25.2. The molecule has 0 saturated carbocycles. The molecule has 0 nitrogen and oxygen atoms in total. The van der Waals surface area contributed by atoms with Crippen LogP contribution in [0.4, 0.5) is 0 Å². The predicted molar refractivity (Wildman–Crippen MR) is 148 cm³/mol. The molecular weight excluding hydrogens is 591 g/mol. The Labute approximate surface area is 214 Å². The maximum absolute atomic E-state index is 2.63. The van der Waals surface area contributed by atoms with Gasteiger partial charge in [-0.1, -0.05) is 0 Å². The Morgan fingerprint density at radius 2 is 1.15 bits per heavy atom.